The van der Waals surface area contributed by atoms with Gasteiger partial charge in [0.2, 0.25) is 11.9 Å². The van der Waals surface area contributed by atoms with E-state index in [1.54, 1.807) is 19.5 Å². The van der Waals surface area contributed by atoms with Gasteiger partial charge >= 0.3 is 0 Å². The van der Waals surface area contributed by atoms with Crippen molar-refractivity contribution in [3.63, 3.8) is 0 Å². The van der Waals surface area contributed by atoms with Crippen LogP contribution in [-0.4, -0.2) is 54.7 Å². The highest BCUT2D eigenvalue weighted by Gasteiger charge is 2.27. The summed E-state index contributed by atoms with van der Waals surface area (Å²) < 4.78 is 5.44. The molecule has 7 nitrogen and oxygen atoms in total. The molecule has 7 heteroatoms. The zero-order valence-corrected chi connectivity index (χ0v) is 16.9. The molecular weight excluding hydrogens is 354 g/mol. The number of methoxy groups -OCH3 is 1. The highest BCUT2D eigenvalue weighted by Crippen LogP contribution is 2.26. The molecule has 1 amide bonds. The van der Waals surface area contributed by atoms with E-state index in [2.05, 4.69) is 15.3 Å². The number of hydrogen-bond donors (Lipinski definition) is 1. The van der Waals surface area contributed by atoms with Gasteiger partial charge in [-0.1, -0.05) is 6.42 Å². The molecular formula is C21H29N5O2. The molecule has 1 aliphatic carbocycles. The van der Waals surface area contributed by atoms with Crippen LogP contribution in [-0.2, 0) is 16.0 Å². The molecule has 1 fully saturated rings. The molecule has 2 atom stereocenters. The number of hydrogen-bond acceptors (Lipinski definition) is 6. The van der Waals surface area contributed by atoms with Crippen LogP contribution in [0.15, 0.2) is 30.7 Å². The van der Waals surface area contributed by atoms with Gasteiger partial charge in [-0.25, -0.2) is 9.97 Å². The molecule has 1 N–H and O–H groups in total. The summed E-state index contributed by atoms with van der Waals surface area (Å²) >= 11 is 0. The second-order valence-corrected chi connectivity index (χ2v) is 7.42. The van der Waals surface area contributed by atoms with Crippen molar-refractivity contribution in [2.45, 2.75) is 38.2 Å². The highest BCUT2D eigenvalue weighted by molar-refractivity contribution is 5.78. The molecule has 1 aliphatic rings. The lowest BCUT2D eigenvalue weighted by atomic mass is 9.86. The average Bonchev–Trinajstić information content (AvgIpc) is 2.74. The van der Waals surface area contributed by atoms with Gasteiger partial charge in [0, 0.05) is 64.2 Å². The van der Waals surface area contributed by atoms with E-state index in [4.69, 9.17) is 9.72 Å². The van der Waals surface area contributed by atoms with Crippen molar-refractivity contribution in [2.24, 2.45) is 5.92 Å². The third-order valence-electron chi connectivity index (χ3n) is 5.24. The van der Waals surface area contributed by atoms with Gasteiger partial charge in [0.25, 0.3) is 0 Å². The maximum atomic E-state index is 12.6. The van der Waals surface area contributed by atoms with Gasteiger partial charge in [-0.3, -0.25) is 9.78 Å². The largest absolute Gasteiger partial charge is 0.381 e. The van der Waals surface area contributed by atoms with Gasteiger partial charge in [-0.05, 0) is 37.0 Å². The maximum Gasteiger partial charge on any atom is 0.225 e. The predicted octanol–water partition coefficient (Wildman–Crippen LogP) is 2.47. The third kappa shape index (κ3) is 5.04. The molecule has 150 valence electrons. The molecule has 0 spiro atoms. The van der Waals surface area contributed by atoms with E-state index in [0.717, 1.165) is 42.5 Å². The van der Waals surface area contributed by atoms with Gasteiger partial charge in [-0.2, -0.15) is 0 Å². The average molecular weight is 383 g/mol. The second-order valence-electron chi connectivity index (χ2n) is 7.42. The summed E-state index contributed by atoms with van der Waals surface area (Å²) in [7, 11) is 5.56. The van der Waals surface area contributed by atoms with Crippen LogP contribution in [0.5, 0.6) is 0 Å². The van der Waals surface area contributed by atoms with Crippen molar-refractivity contribution in [2.75, 3.05) is 32.6 Å². The van der Waals surface area contributed by atoms with Gasteiger partial charge in [0.05, 0.1) is 11.8 Å². The zero-order chi connectivity index (χ0) is 19.9. The first kappa shape index (κ1) is 20.2. The summed E-state index contributed by atoms with van der Waals surface area (Å²) in [6.45, 7) is 0.551. The summed E-state index contributed by atoms with van der Waals surface area (Å²) in [4.78, 5) is 27.7. The Morgan fingerprint density at radius 1 is 1.29 bits per heavy atom. The number of nitrogens with one attached hydrogen (secondary N) is 1. The normalized spacial score (nSPS) is 19.2. The van der Waals surface area contributed by atoms with Gasteiger partial charge in [0.15, 0.2) is 0 Å². The first-order valence-corrected chi connectivity index (χ1v) is 9.82. The standard InChI is InChI=1S/C21H29N5O2/c1-26(2)21-24-14-18(15-7-10-22-11-8-15)19(25-21)9-12-23-20(27)16-5-4-6-17(13-16)28-3/h7-8,10-11,14,16-17H,4-6,9,12-13H2,1-3H3,(H,23,27)/t16-,17+/m1/s1. The van der Waals surface area contributed by atoms with Crippen LogP contribution >= 0.6 is 0 Å². The Kier molecular flexibility index (Phi) is 6.92. The molecule has 0 aliphatic heterocycles. The summed E-state index contributed by atoms with van der Waals surface area (Å²) in [5.41, 5.74) is 2.92. The number of rotatable bonds is 7. The van der Waals surface area contributed by atoms with E-state index in [-0.39, 0.29) is 17.9 Å². The highest BCUT2D eigenvalue weighted by atomic mass is 16.5. The number of nitrogens with zero attached hydrogens (tertiary/aromatic N) is 4. The number of pyridine rings is 1. The minimum Gasteiger partial charge on any atom is -0.381 e. The van der Waals surface area contributed by atoms with Crippen LogP contribution in [0, 0.1) is 5.92 Å². The van der Waals surface area contributed by atoms with Crippen molar-refractivity contribution < 1.29 is 9.53 Å². The smallest absolute Gasteiger partial charge is 0.225 e. The summed E-state index contributed by atoms with van der Waals surface area (Å²) in [5, 5.41) is 3.09. The fraction of sp³-hybridized carbons (Fsp3) is 0.524. The third-order valence-corrected chi connectivity index (χ3v) is 5.24. The Bertz CT molecular complexity index is 782. The quantitative estimate of drug-likeness (QED) is 0.791. The van der Waals surface area contributed by atoms with Crippen LogP contribution in [0.2, 0.25) is 0 Å². The summed E-state index contributed by atoms with van der Waals surface area (Å²) in [5.74, 6) is 0.824. The molecule has 2 heterocycles. The zero-order valence-electron chi connectivity index (χ0n) is 16.9. The van der Waals surface area contributed by atoms with Crippen molar-refractivity contribution in [3.05, 3.63) is 36.4 Å². The van der Waals surface area contributed by atoms with Gasteiger partial charge < -0.3 is 15.0 Å². The van der Waals surface area contributed by atoms with Crippen LogP contribution in [0.3, 0.4) is 0 Å². The van der Waals surface area contributed by atoms with Crippen molar-refractivity contribution in [3.8, 4) is 11.1 Å². The monoisotopic (exact) mass is 383 g/mol. The molecule has 0 saturated heterocycles. The number of carbonyl (C=O) groups is 1. The maximum absolute atomic E-state index is 12.6. The molecule has 2 aromatic heterocycles. The van der Waals surface area contributed by atoms with E-state index < -0.39 is 0 Å². The topological polar surface area (TPSA) is 80.2 Å². The molecule has 2 aromatic rings. The summed E-state index contributed by atoms with van der Waals surface area (Å²) in [6.07, 6.45) is 10.0. The number of anilines is 1. The van der Waals surface area contributed by atoms with Gasteiger partial charge in [-0.15, -0.1) is 0 Å². The number of aromatic nitrogens is 3. The van der Waals surface area contributed by atoms with Crippen LogP contribution < -0.4 is 10.2 Å². The SMILES string of the molecule is CO[C@H]1CCC[C@@H](C(=O)NCCc2nc(N(C)C)ncc2-c2ccncc2)C1. The van der Waals surface area contributed by atoms with Crippen molar-refractivity contribution >= 4 is 11.9 Å². The van der Waals surface area contributed by atoms with Crippen molar-refractivity contribution in [1.82, 2.24) is 20.3 Å². The number of ether oxygens (including phenoxy) is 1. The van der Waals surface area contributed by atoms with Crippen LogP contribution in [0.1, 0.15) is 31.4 Å². The molecule has 3 rings (SSSR count). The molecule has 0 radical (unpaired) electrons. The second kappa shape index (κ2) is 9.59. The van der Waals surface area contributed by atoms with E-state index >= 15 is 0 Å². The number of carbonyl (C=O) groups excluding carboxylic acids is 1. The first-order chi connectivity index (χ1) is 13.6. The fourth-order valence-corrected chi connectivity index (χ4v) is 3.63. The molecule has 1 saturated carbocycles. The first-order valence-electron chi connectivity index (χ1n) is 9.82. The van der Waals surface area contributed by atoms with Crippen LogP contribution in [0.25, 0.3) is 11.1 Å². The fourth-order valence-electron chi connectivity index (χ4n) is 3.63. The predicted molar refractivity (Wildman–Crippen MR) is 109 cm³/mol. The van der Waals surface area contributed by atoms with E-state index in [0.29, 0.717) is 18.9 Å². The minimum atomic E-state index is 0.0427. The molecule has 28 heavy (non-hydrogen) atoms. The van der Waals surface area contributed by atoms with E-state index in [1.807, 2.05) is 37.3 Å². The molecule has 0 unspecified atom stereocenters. The van der Waals surface area contributed by atoms with E-state index in [9.17, 15) is 4.79 Å². The van der Waals surface area contributed by atoms with E-state index in [1.165, 1.54) is 0 Å². The lowest BCUT2D eigenvalue weighted by Gasteiger charge is -2.27. The van der Waals surface area contributed by atoms with Crippen LogP contribution in [0.4, 0.5) is 5.95 Å². The Balaban J connectivity index is 1.67. The van der Waals surface area contributed by atoms with Crippen molar-refractivity contribution in [1.29, 1.82) is 0 Å². The Morgan fingerprint density at radius 3 is 2.79 bits per heavy atom. The Hall–Kier alpha value is -2.54. The Morgan fingerprint density at radius 2 is 2.07 bits per heavy atom. The Labute approximate surface area is 166 Å². The minimum absolute atomic E-state index is 0.0427. The molecule has 0 aromatic carbocycles. The molecule has 0 bridgehead atoms. The lowest BCUT2D eigenvalue weighted by Crippen LogP contribution is -2.36. The summed E-state index contributed by atoms with van der Waals surface area (Å²) in [6, 6.07) is 3.89. The lowest BCUT2D eigenvalue weighted by molar-refractivity contribution is -0.127. The number of amides is 1. The van der Waals surface area contributed by atoms with Gasteiger partial charge in [0.1, 0.15) is 0 Å².